The van der Waals surface area contributed by atoms with Gasteiger partial charge in [-0.15, -0.1) is 0 Å². The Kier molecular flexibility index (Phi) is 2.57. The average molecular weight is 224 g/mol. The lowest BCUT2D eigenvalue weighted by Crippen LogP contribution is -1.98. The summed E-state index contributed by atoms with van der Waals surface area (Å²) in [6.07, 6.45) is 2.02. The van der Waals surface area contributed by atoms with Gasteiger partial charge >= 0.3 is 0 Å². The molecule has 0 aromatic carbocycles. The number of anilines is 1. The Morgan fingerprint density at radius 3 is 2.73 bits per heavy atom. The van der Waals surface area contributed by atoms with E-state index in [9.17, 15) is 0 Å². The highest BCUT2D eigenvalue weighted by Gasteiger charge is 2.12. The number of nitrogens with one attached hydrogen (secondary N) is 1. The summed E-state index contributed by atoms with van der Waals surface area (Å²) < 4.78 is 2.04. The molecule has 1 N–H and O–H groups in total. The van der Waals surface area contributed by atoms with Crippen LogP contribution in [0, 0.1) is 0 Å². The van der Waals surface area contributed by atoms with E-state index >= 15 is 0 Å². The molecule has 0 atom stereocenters. The number of rotatable bonds is 2. The molecule has 4 heteroatoms. The minimum absolute atomic E-state index is 0.358. The monoisotopic (exact) mass is 223 g/mol. The molecule has 0 unspecified atom stereocenters. The third kappa shape index (κ3) is 1.67. The number of halogens is 1. The summed E-state index contributed by atoms with van der Waals surface area (Å²) in [6.45, 7) is 4.22. The summed E-state index contributed by atoms with van der Waals surface area (Å²) in [6, 6.07) is 3.97. The molecule has 0 aliphatic heterocycles. The second-order valence-corrected chi connectivity index (χ2v) is 4.20. The minimum Gasteiger partial charge on any atom is -0.387 e. The van der Waals surface area contributed by atoms with Crippen molar-refractivity contribution in [1.29, 1.82) is 0 Å². The Hall–Kier alpha value is -1.22. The van der Waals surface area contributed by atoms with E-state index in [1.54, 1.807) is 0 Å². The van der Waals surface area contributed by atoms with Gasteiger partial charge in [0.1, 0.15) is 5.82 Å². The van der Waals surface area contributed by atoms with Gasteiger partial charge in [0.2, 0.25) is 0 Å². The van der Waals surface area contributed by atoms with Crippen LogP contribution in [0.25, 0.3) is 5.52 Å². The Balaban J connectivity index is 2.71. The van der Waals surface area contributed by atoms with E-state index in [0.29, 0.717) is 11.1 Å². The average Bonchev–Trinajstić information content (AvgIpc) is 2.56. The lowest BCUT2D eigenvalue weighted by Gasteiger charge is -2.06. The highest BCUT2D eigenvalue weighted by atomic mass is 35.5. The standard InChI is InChI=1S/C11H14ClN3/c1-7(2)11-14-10(12)9-5-4-8(13-3)6-15(9)11/h4-7,13H,1-3H3. The van der Waals surface area contributed by atoms with Crippen molar-refractivity contribution in [3.8, 4) is 0 Å². The maximum atomic E-state index is 6.07. The SMILES string of the molecule is CNc1ccc2c(Cl)nc(C(C)C)n2c1. The number of hydrogen-bond acceptors (Lipinski definition) is 2. The van der Waals surface area contributed by atoms with E-state index in [1.807, 2.05) is 29.8 Å². The van der Waals surface area contributed by atoms with E-state index in [-0.39, 0.29) is 0 Å². The first-order chi connectivity index (χ1) is 7.13. The lowest BCUT2D eigenvalue weighted by atomic mass is 10.2. The quantitative estimate of drug-likeness (QED) is 0.848. The first kappa shape index (κ1) is 10.3. The van der Waals surface area contributed by atoms with Crippen molar-refractivity contribution >= 4 is 22.8 Å². The topological polar surface area (TPSA) is 29.3 Å². The van der Waals surface area contributed by atoms with Crippen molar-refractivity contribution in [2.24, 2.45) is 0 Å². The molecule has 0 saturated heterocycles. The van der Waals surface area contributed by atoms with Crippen LogP contribution < -0.4 is 5.32 Å². The fourth-order valence-corrected chi connectivity index (χ4v) is 1.87. The maximum Gasteiger partial charge on any atom is 0.155 e. The molecule has 0 saturated carbocycles. The first-order valence-corrected chi connectivity index (χ1v) is 5.36. The lowest BCUT2D eigenvalue weighted by molar-refractivity contribution is 0.771. The van der Waals surface area contributed by atoms with Gasteiger partial charge in [-0.25, -0.2) is 4.98 Å². The highest BCUT2D eigenvalue weighted by molar-refractivity contribution is 6.32. The highest BCUT2D eigenvalue weighted by Crippen LogP contribution is 2.24. The van der Waals surface area contributed by atoms with Gasteiger partial charge in [-0.05, 0) is 12.1 Å². The van der Waals surface area contributed by atoms with Crippen LogP contribution in [0.4, 0.5) is 5.69 Å². The van der Waals surface area contributed by atoms with Gasteiger partial charge in [0, 0.05) is 19.2 Å². The van der Waals surface area contributed by atoms with Crippen LogP contribution in [0.5, 0.6) is 0 Å². The Morgan fingerprint density at radius 1 is 1.40 bits per heavy atom. The van der Waals surface area contributed by atoms with Gasteiger partial charge in [0.05, 0.1) is 11.2 Å². The van der Waals surface area contributed by atoms with E-state index in [1.165, 1.54) is 0 Å². The predicted octanol–water partition coefficient (Wildman–Crippen LogP) is 3.15. The third-order valence-electron chi connectivity index (χ3n) is 2.42. The first-order valence-electron chi connectivity index (χ1n) is 4.98. The molecule has 15 heavy (non-hydrogen) atoms. The van der Waals surface area contributed by atoms with Crippen LogP contribution in [-0.4, -0.2) is 16.4 Å². The van der Waals surface area contributed by atoms with Crippen molar-refractivity contribution in [3.05, 3.63) is 29.3 Å². The summed E-state index contributed by atoms with van der Waals surface area (Å²) in [5.74, 6) is 1.35. The molecule has 80 valence electrons. The number of pyridine rings is 1. The van der Waals surface area contributed by atoms with E-state index < -0.39 is 0 Å². The predicted molar refractivity (Wildman–Crippen MR) is 63.8 cm³/mol. The molecule has 0 radical (unpaired) electrons. The second-order valence-electron chi connectivity index (χ2n) is 3.84. The van der Waals surface area contributed by atoms with E-state index in [0.717, 1.165) is 17.0 Å². The number of fused-ring (bicyclic) bond motifs is 1. The van der Waals surface area contributed by atoms with Crippen molar-refractivity contribution in [3.63, 3.8) is 0 Å². The van der Waals surface area contributed by atoms with Crippen LogP contribution >= 0.6 is 11.6 Å². The number of hydrogen-bond donors (Lipinski definition) is 1. The minimum atomic E-state index is 0.358. The van der Waals surface area contributed by atoms with Crippen molar-refractivity contribution in [2.75, 3.05) is 12.4 Å². The summed E-state index contributed by atoms with van der Waals surface area (Å²) in [7, 11) is 1.90. The summed E-state index contributed by atoms with van der Waals surface area (Å²) >= 11 is 6.07. The molecule has 0 aliphatic rings. The largest absolute Gasteiger partial charge is 0.387 e. The summed E-state index contributed by atoms with van der Waals surface area (Å²) in [4.78, 5) is 4.37. The molecular weight excluding hydrogens is 210 g/mol. The van der Waals surface area contributed by atoms with Gasteiger partial charge in [0.25, 0.3) is 0 Å². The maximum absolute atomic E-state index is 6.07. The van der Waals surface area contributed by atoms with Crippen molar-refractivity contribution in [1.82, 2.24) is 9.38 Å². The van der Waals surface area contributed by atoms with Gasteiger partial charge in [-0.3, -0.25) is 4.40 Å². The van der Waals surface area contributed by atoms with E-state index in [2.05, 4.69) is 24.1 Å². The van der Waals surface area contributed by atoms with Crippen molar-refractivity contribution < 1.29 is 0 Å². The molecule has 2 aromatic heterocycles. The smallest absolute Gasteiger partial charge is 0.155 e. The Labute approximate surface area is 94.1 Å². The summed E-state index contributed by atoms with van der Waals surface area (Å²) in [5.41, 5.74) is 2.01. The molecule has 0 bridgehead atoms. The zero-order chi connectivity index (χ0) is 11.0. The van der Waals surface area contributed by atoms with Gasteiger partial charge in [-0.2, -0.15) is 0 Å². The number of imidazole rings is 1. The zero-order valence-corrected chi connectivity index (χ0v) is 9.84. The molecule has 2 aromatic rings. The molecule has 0 spiro atoms. The van der Waals surface area contributed by atoms with E-state index in [4.69, 9.17) is 11.6 Å². The molecule has 0 aliphatic carbocycles. The fraction of sp³-hybridized carbons (Fsp3) is 0.364. The van der Waals surface area contributed by atoms with Gasteiger partial charge < -0.3 is 5.32 Å². The van der Waals surface area contributed by atoms with Crippen LogP contribution in [0.1, 0.15) is 25.6 Å². The molecule has 0 fully saturated rings. The van der Waals surface area contributed by atoms with Gasteiger partial charge in [-0.1, -0.05) is 25.4 Å². The molecule has 2 heterocycles. The van der Waals surface area contributed by atoms with Crippen molar-refractivity contribution in [2.45, 2.75) is 19.8 Å². The van der Waals surface area contributed by atoms with Crippen LogP contribution in [0.2, 0.25) is 5.15 Å². The van der Waals surface area contributed by atoms with Crippen LogP contribution in [0.15, 0.2) is 18.3 Å². The second kappa shape index (κ2) is 3.74. The van der Waals surface area contributed by atoms with Crippen LogP contribution in [0.3, 0.4) is 0 Å². The Morgan fingerprint density at radius 2 is 2.13 bits per heavy atom. The summed E-state index contributed by atoms with van der Waals surface area (Å²) in [5, 5.41) is 3.67. The van der Waals surface area contributed by atoms with Crippen LogP contribution in [-0.2, 0) is 0 Å². The Bertz CT molecular complexity index is 488. The molecule has 2 rings (SSSR count). The van der Waals surface area contributed by atoms with Gasteiger partial charge in [0.15, 0.2) is 5.15 Å². The third-order valence-corrected chi connectivity index (χ3v) is 2.70. The fourth-order valence-electron chi connectivity index (χ4n) is 1.63. The number of aromatic nitrogens is 2. The molecule has 3 nitrogen and oxygen atoms in total. The molecule has 0 amide bonds. The number of nitrogens with zero attached hydrogens (tertiary/aromatic N) is 2. The normalized spacial score (nSPS) is 11.3. The molecular formula is C11H14ClN3. The zero-order valence-electron chi connectivity index (χ0n) is 9.08.